The molecule has 0 aliphatic heterocycles. The third kappa shape index (κ3) is 2.87. The van der Waals surface area contributed by atoms with Gasteiger partial charge in [0.15, 0.2) is 0 Å². The Balaban J connectivity index is 2.39. The predicted molar refractivity (Wildman–Crippen MR) is 71.4 cm³/mol. The average Bonchev–Trinajstić information content (AvgIpc) is 2.26. The summed E-state index contributed by atoms with van der Waals surface area (Å²) < 4.78 is 0. The Hall–Kier alpha value is -1.31. The second kappa shape index (κ2) is 4.91. The molecule has 2 aromatic rings. The van der Waals surface area contributed by atoms with Gasteiger partial charge >= 0.3 is 0 Å². The molecule has 0 aliphatic carbocycles. The fourth-order valence-corrected chi connectivity index (χ4v) is 2.24. The van der Waals surface area contributed by atoms with Crippen molar-refractivity contribution in [3.05, 3.63) is 69.7 Å². The Labute approximate surface area is 107 Å². The van der Waals surface area contributed by atoms with E-state index in [-0.39, 0.29) is 0 Å². The summed E-state index contributed by atoms with van der Waals surface area (Å²) in [5.41, 5.74) is 4.04. The molecule has 0 unspecified atom stereocenters. The number of rotatable bonds is 2. The molecule has 1 atom stereocenters. The fraction of sp³-hybridized carbons (Fsp3) is 0.200. The van der Waals surface area contributed by atoms with Crippen molar-refractivity contribution in [2.45, 2.75) is 20.0 Å². The minimum atomic E-state index is -0.618. The quantitative estimate of drug-likeness (QED) is 0.848. The Kier molecular flexibility index (Phi) is 3.51. The fourth-order valence-electron chi connectivity index (χ4n) is 2.04. The smallest absolute Gasteiger partial charge is 0.104 e. The van der Waals surface area contributed by atoms with Crippen molar-refractivity contribution in [2.24, 2.45) is 0 Å². The second-order valence-corrected chi connectivity index (χ2v) is 4.82. The molecule has 0 radical (unpaired) electrons. The molecule has 0 spiro atoms. The molecule has 0 amide bonds. The van der Waals surface area contributed by atoms with Crippen LogP contribution in [-0.4, -0.2) is 5.11 Å². The molecule has 2 heteroatoms. The standard InChI is InChI=1S/C15H15ClO/c1-10-6-11(2)8-13(7-10)15(17)12-4-3-5-14(16)9-12/h3-9,15,17H,1-2H3/t15-/m1/s1. The average molecular weight is 247 g/mol. The highest BCUT2D eigenvalue weighted by molar-refractivity contribution is 6.30. The van der Waals surface area contributed by atoms with Gasteiger partial charge < -0.3 is 5.11 Å². The summed E-state index contributed by atoms with van der Waals surface area (Å²) in [7, 11) is 0. The molecule has 88 valence electrons. The summed E-state index contributed by atoms with van der Waals surface area (Å²) in [6.07, 6.45) is -0.618. The van der Waals surface area contributed by atoms with Crippen molar-refractivity contribution in [3.63, 3.8) is 0 Å². The number of hydrogen-bond donors (Lipinski definition) is 1. The first-order valence-corrected chi connectivity index (χ1v) is 5.96. The first-order chi connectivity index (χ1) is 8.06. The molecule has 1 N–H and O–H groups in total. The number of aryl methyl sites for hydroxylation is 2. The van der Waals surface area contributed by atoms with Crippen molar-refractivity contribution < 1.29 is 5.11 Å². The largest absolute Gasteiger partial charge is 0.384 e. The first-order valence-electron chi connectivity index (χ1n) is 5.58. The van der Waals surface area contributed by atoms with Crippen LogP contribution < -0.4 is 0 Å². The van der Waals surface area contributed by atoms with Gasteiger partial charge in [-0.3, -0.25) is 0 Å². The number of hydrogen-bond acceptors (Lipinski definition) is 1. The van der Waals surface area contributed by atoms with Gasteiger partial charge in [0.25, 0.3) is 0 Å². The zero-order valence-electron chi connectivity index (χ0n) is 9.94. The van der Waals surface area contributed by atoms with Gasteiger partial charge in [0.1, 0.15) is 6.10 Å². The maximum absolute atomic E-state index is 10.3. The molecule has 0 aliphatic rings. The van der Waals surface area contributed by atoms with E-state index in [1.165, 1.54) is 0 Å². The van der Waals surface area contributed by atoms with E-state index in [1.807, 2.05) is 38.1 Å². The molecule has 2 aromatic carbocycles. The molecular formula is C15H15ClO. The SMILES string of the molecule is Cc1cc(C)cc([C@H](O)c2cccc(Cl)c2)c1. The summed E-state index contributed by atoms with van der Waals surface area (Å²) in [6.45, 7) is 4.06. The lowest BCUT2D eigenvalue weighted by molar-refractivity contribution is 0.220. The van der Waals surface area contributed by atoms with Crippen molar-refractivity contribution in [1.82, 2.24) is 0 Å². The number of aliphatic hydroxyl groups is 1. The molecule has 1 nitrogen and oxygen atoms in total. The topological polar surface area (TPSA) is 20.2 Å². The van der Waals surface area contributed by atoms with Gasteiger partial charge in [-0.25, -0.2) is 0 Å². The maximum Gasteiger partial charge on any atom is 0.104 e. The van der Waals surface area contributed by atoms with Gasteiger partial charge in [-0.2, -0.15) is 0 Å². The third-order valence-electron chi connectivity index (χ3n) is 2.72. The summed E-state index contributed by atoms with van der Waals surface area (Å²) in [5, 5.41) is 11.0. The van der Waals surface area contributed by atoms with E-state index in [0.29, 0.717) is 5.02 Å². The molecule has 0 fully saturated rings. The lowest BCUT2D eigenvalue weighted by atomic mass is 9.98. The van der Waals surface area contributed by atoms with Crippen molar-refractivity contribution in [3.8, 4) is 0 Å². The minimum absolute atomic E-state index is 0.618. The molecule has 2 rings (SSSR count). The van der Waals surface area contributed by atoms with Gasteiger partial charge in [-0.15, -0.1) is 0 Å². The van der Waals surface area contributed by atoms with Crippen LogP contribution in [-0.2, 0) is 0 Å². The summed E-state index contributed by atoms with van der Waals surface area (Å²) in [6, 6.07) is 13.4. The molecule has 0 aromatic heterocycles. The van der Waals surface area contributed by atoms with Gasteiger partial charge in [-0.05, 0) is 37.1 Å². The van der Waals surface area contributed by atoms with Crippen LogP contribution in [0.15, 0.2) is 42.5 Å². The Morgan fingerprint density at radius 2 is 1.59 bits per heavy atom. The highest BCUT2D eigenvalue weighted by Crippen LogP contribution is 2.25. The van der Waals surface area contributed by atoms with Crippen molar-refractivity contribution >= 4 is 11.6 Å². The van der Waals surface area contributed by atoms with E-state index in [2.05, 4.69) is 6.07 Å². The highest BCUT2D eigenvalue weighted by atomic mass is 35.5. The van der Waals surface area contributed by atoms with Gasteiger partial charge in [0.2, 0.25) is 0 Å². The minimum Gasteiger partial charge on any atom is -0.384 e. The lowest BCUT2D eigenvalue weighted by Gasteiger charge is -2.13. The zero-order chi connectivity index (χ0) is 12.4. The molecule has 17 heavy (non-hydrogen) atoms. The third-order valence-corrected chi connectivity index (χ3v) is 2.96. The monoisotopic (exact) mass is 246 g/mol. The van der Waals surface area contributed by atoms with Crippen molar-refractivity contribution in [2.75, 3.05) is 0 Å². The van der Waals surface area contributed by atoms with E-state index in [0.717, 1.165) is 22.3 Å². The first kappa shape index (κ1) is 12.2. The molecule has 0 bridgehead atoms. The van der Waals surface area contributed by atoms with Crippen LogP contribution in [0, 0.1) is 13.8 Å². The van der Waals surface area contributed by atoms with Crippen molar-refractivity contribution in [1.29, 1.82) is 0 Å². The van der Waals surface area contributed by atoms with E-state index >= 15 is 0 Å². The van der Waals surface area contributed by atoms with E-state index in [1.54, 1.807) is 12.1 Å². The van der Waals surface area contributed by atoms with Crippen LogP contribution in [0.4, 0.5) is 0 Å². The van der Waals surface area contributed by atoms with Gasteiger partial charge in [0.05, 0.1) is 0 Å². The molecule has 0 heterocycles. The van der Waals surface area contributed by atoms with Crippen LogP contribution in [0.2, 0.25) is 5.02 Å². The van der Waals surface area contributed by atoms with Crippen LogP contribution in [0.25, 0.3) is 0 Å². The Morgan fingerprint density at radius 1 is 0.941 bits per heavy atom. The second-order valence-electron chi connectivity index (χ2n) is 4.38. The van der Waals surface area contributed by atoms with Crippen LogP contribution in [0.5, 0.6) is 0 Å². The zero-order valence-corrected chi connectivity index (χ0v) is 10.7. The summed E-state index contributed by atoms with van der Waals surface area (Å²) in [4.78, 5) is 0. The van der Waals surface area contributed by atoms with Crippen LogP contribution in [0.1, 0.15) is 28.4 Å². The Morgan fingerprint density at radius 3 is 2.18 bits per heavy atom. The van der Waals surface area contributed by atoms with Crippen LogP contribution in [0.3, 0.4) is 0 Å². The summed E-state index contributed by atoms with van der Waals surface area (Å²) in [5.74, 6) is 0. The predicted octanol–water partition coefficient (Wildman–Crippen LogP) is 4.04. The van der Waals surface area contributed by atoms with Crippen LogP contribution >= 0.6 is 11.6 Å². The van der Waals surface area contributed by atoms with E-state index in [4.69, 9.17) is 11.6 Å². The number of halogens is 1. The van der Waals surface area contributed by atoms with E-state index < -0.39 is 6.10 Å². The maximum atomic E-state index is 10.3. The Bertz CT molecular complexity index is 514. The number of benzene rings is 2. The van der Waals surface area contributed by atoms with E-state index in [9.17, 15) is 5.11 Å². The summed E-state index contributed by atoms with van der Waals surface area (Å²) >= 11 is 5.93. The molecular weight excluding hydrogens is 232 g/mol. The molecule has 0 saturated heterocycles. The highest BCUT2D eigenvalue weighted by Gasteiger charge is 2.11. The van der Waals surface area contributed by atoms with Gasteiger partial charge in [-0.1, -0.05) is 53.1 Å². The lowest BCUT2D eigenvalue weighted by Crippen LogP contribution is -2.00. The normalized spacial score (nSPS) is 12.5. The number of aliphatic hydroxyl groups excluding tert-OH is 1. The van der Waals surface area contributed by atoms with Gasteiger partial charge in [0, 0.05) is 5.02 Å². The molecule has 0 saturated carbocycles.